The number of carbonyl (C=O) groups is 3. The van der Waals surface area contributed by atoms with Gasteiger partial charge in [0.15, 0.2) is 5.79 Å². The third-order valence-corrected chi connectivity index (χ3v) is 3.22. The quantitative estimate of drug-likeness (QED) is 0.496. The Bertz CT molecular complexity index is 421. The maximum Gasteiger partial charge on any atom is 0.303 e. The highest BCUT2D eigenvalue weighted by molar-refractivity contribution is 5.67. The van der Waals surface area contributed by atoms with Crippen LogP contribution in [-0.4, -0.2) is 56.2 Å². The normalized spacial score (nSPS) is 27.3. The summed E-state index contributed by atoms with van der Waals surface area (Å²) in [5.74, 6) is -2.38. The van der Waals surface area contributed by atoms with E-state index in [1.165, 1.54) is 27.9 Å². The van der Waals surface area contributed by atoms with Gasteiger partial charge < -0.3 is 23.7 Å². The van der Waals surface area contributed by atoms with Crippen LogP contribution in [0.3, 0.4) is 0 Å². The Morgan fingerprint density at radius 3 is 2.23 bits per heavy atom. The molecular formula is C14H22O8. The van der Waals surface area contributed by atoms with Crippen LogP contribution < -0.4 is 0 Å². The van der Waals surface area contributed by atoms with Gasteiger partial charge in [-0.1, -0.05) is 0 Å². The molecule has 0 aromatic heterocycles. The molecule has 0 saturated carbocycles. The molecule has 1 heterocycles. The van der Waals surface area contributed by atoms with Crippen molar-refractivity contribution in [3.8, 4) is 0 Å². The van der Waals surface area contributed by atoms with Crippen LogP contribution in [0.5, 0.6) is 0 Å². The predicted octanol–water partition coefficient (Wildman–Crippen LogP) is 0.566. The lowest BCUT2D eigenvalue weighted by Crippen LogP contribution is -2.34. The van der Waals surface area contributed by atoms with Crippen LogP contribution in [0.4, 0.5) is 0 Å². The van der Waals surface area contributed by atoms with Crippen molar-refractivity contribution in [2.45, 2.75) is 51.6 Å². The number of esters is 3. The fourth-order valence-corrected chi connectivity index (χ4v) is 2.25. The molecule has 0 spiro atoms. The summed E-state index contributed by atoms with van der Waals surface area (Å²) in [4.78, 5) is 33.0. The molecule has 1 fully saturated rings. The molecule has 8 nitrogen and oxygen atoms in total. The second-order valence-electron chi connectivity index (χ2n) is 5.02. The van der Waals surface area contributed by atoms with E-state index in [4.69, 9.17) is 23.7 Å². The Hall–Kier alpha value is -1.67. The highest BCUT2D eigenvalue weighted by Gasteiger charge is 2.49. The van der Waals surface area contributed by atoms with Crippen molar-refractivity contribution in [1.82, 2.24) is 0 Å². The molecule has 0 radical (unpaired) electrons. The summed E-state index contributed by atoms with van der Waals surface area (Å²) in [7, 11) is 1.45. The highest BCUT2D eigenvalue weighted by Crippen LogP contribution is 2.36. The number of carbonyl (C=O) groups excluding carboxylic acids is 3. The first kappa shape index (κ1) is 18.4. The van der Waals surface area contributed by atoms with Gasteiger partial charge in [-0.25, -0.2) is 0 Å². The summed E-state index contributed by atoms with van der Waals surface area (Å²) < 4.78 is 26.2. The van der Waals surface area contributed by atoms with Gasteiger partial charge in [0.25, 0.3) is 0 Å². The van der Waals surface area contributed by atoms with Gasteiger partial charge in [-0.2, -0.15) is 0 Å². The third-order valence-electron chi connectivity index (χ3n) is 3.22. The first-order chi connectivity index (χ1) is 10.3. The molecule has 1 aliphatic rings. The van der Waals surface area contributed by atoms with Crippen molar-refractivity contribution < 1.29 is 38.1 Å². The lowest BCUT2D eigenvalue weighted by molar-refractivity contribution is -0.227. The van der Waals surface area contributed by atoms with Gasteiger partial charge in [-0.15, -0.1) is 0 Å². The van der Waals surface area contributed by atoms with Gasteiger partial charge in [0.1, 0.15) is 18.8 Å². The molecule has 22 heavy (non-hydrogen) atoms. The van der Waals surface area contributed by atoms with Crippen LogP contribution in [0.15, 0.2) is 0 Å². The average Bonchev–Trinajstić information content (AvgIpc) is 2.74. The monoisotopic (exact) mass is 318 g/mol. The Balaban J connectivity index is 2.72. The fraction of sp³-hybridized carbons (Fsp3) is 0.786. The van der Waals surface area contributed by atoms with E-state index in [-0.39, 0.29) is 26.1 Å². The van der Waals surface area contributed by atoms with E-state index >= 15 is 0 Å². The molecule has 0 bridgehead atoms. The van der Waals surface area contributed by atoms with Crippen molar-refractivity contribution in [2.24, 2.45) is 0 Å². The standard InChI is InChI=1S/C14H22O8/c1-9(15)19-6-5-14(18-4)7-12(21-11(3)17)13(22-14)8-20-10(2)16/h12-13H,5-8H2,1-4H3/t12-,13+,14-/m0/s1. The fourth-order valence-electron chi connectivity index (χ4n) is 2.25. The summed E-state index contributed by atoms with van der Waals surface area (Å²) in [5, 5.41) is 0. The smallest absolute Gasteiger partial charge is 0.303 e. The molecule has 1 aliphatic heterocycles. The van der Waals surface area contributed by atoms with Gasteiger partial charge in [0.05, 0.1) is 6.61 Å². The van der Waals surface area contributed by atoms with Crippen LogP contribution in [-0.2, 0) is 38.1 Å². The van der Waals surface area contributed by atoms with Crippen molar-refractivity contribution in [3.05, 3.63) is 0 Å². The van der Waals surface area contributed by atoms with Gasteiger partial charge in [-0.05, 0) is 0 Å². The van der Waals surface area contributed by atoms with Crippen molar-refractivity contribution in [3.63, 3.8) is 0 Å². The Morgan fingerprint density at radius 2 is 1.73 bits per heavy atom. The van der Waals surface area contributed by atoms with Gasteiger partial charge in [-0.3, -0.25) is 14.4 Å². The predicted molar refractivity (Wildman–Crippen MR) is 72.7 cm³/mol. The van der Waals surface area contributed by atoms with E-state index < -0.39 is 35.9 Å². The maximum atomic E-state index is 11.2. The van der Waals surface area contributed by atoms with Crippen LogP contribution in [0.25, 0.3) is 0 Å². The molecule has 0 unspecified atom stereocenters. The zero-order chi connectivity index (χ0) is 16.8. The van der Waals surface area contributed by atoms with Gasteiger partial charge in [0, 0.05) is 40.7 Å². The molecule has 126 valence electrons. The average molecular weight is 318 g/mol. The van der Waals surface area contributed by atoms with E-state index in [1.807, 2.05) is 0 Å². The minimum Gasteiger partial charge on any atom is -0.466 e. The van der Waals surface area contributed by atoms with Crippen molar-refractivity contribution >= 4 is 17.9 Å². The second kappa shape index (κ2) is 8.09. The molecule has 0 N–H and O–H groups in total. The maximum absolute atomic E-state index is 11.2. The lowest BCUT2D eigenvalue weighted by Gasteiger charge is -2.27. The molecule has 8 heteroatoms. The number of methoxy groups -OCH3 is 1. The number of hydrogen-bond donors (Lipinski definition) is 0. The van der Waals surface area contributed by atoms with Crippen molar-refractivity contribution in [2.75, 3.05) is 20.3 Å². The zero-order valence-corrected chi connectivity index (χ0v) is 13.2. The summed E-state index contributed by atoms with van der Waals surface area (Å²) in [6.07, 6.45) is -0.701. The number of ether oxygens (including phenoxy) is 5. The van der Waals surface area contributed by atoms with Gasteiger partial charge >= 0.3 is 17.9 Å². The molecule has 1 rings (SSSR count). The largest absolute Gasteiger partial charge is 0.466 e. The van der Waals surface area contributed by atoms with E-state index in [0.29, 0.717) is 0 Å². The molecular weight excluding hydrogens is 296 g/mol. The Kier molecular flexibility index (Phi) is 6.76. The number of rotatable bonds is 7. The van der Waals surface area contributed by atoms with Crippen LogP contribution in [0, 0.1) is 0 Å². The highest BCUT2D eigenvalue weighted by atomic mass is 16.7. The molecule has 0 aromatic carbocycles. The first-order valence-electron chi connectivity index (χ1n) is 6.95. The molecule has 0 amide bonds. The molecule has 1 saturated heterocycles. The van der Waals surface area contributed by atoms with Gasteiger partial charge in [0.2, 0.25) is 0 Å². The van der Waals surface area contributed by atoms with E-state index in [1.54, 1.807) is 0 Å². The SMILES string of the molecule is CO[C@]1(CCOC(C)=O)C[C@H](OC(C)=O)[C@@H](COC(C)=O)O1. The van der Waals surface area contributed by atoms with Crippen LogP contribution in [0.1, 0.15) is 33.6 Å². The third kappa shape index (κ3) is 5.61. The summed E-state index contributed by atoms with van der Waals surface area (Å²) >= 11 is 0. The van der Waals surface area contributed by atoms with E-state index in [2.05, 4.69) is 0 Å². The molecule has 0 aromatic rings. The molecule has 0 aliphatic carbocycles. The summed E-state index contributed by atoms with van der Waals surface area (Å²) in [6.45, 7) is 3.93. The van der Waals surface area contributed by atoms with Crippen LogP contribution in [0.2, 0.25) is 0 Å². The van der Waals surface area contributed by atoms with Crippen LogP contribution >= 0.6 is 0 Å². The topological polar surface area (TPSA) is 97.4 Å². The first-order valence-corrected chi connectivity index (χ1v) is 6.95. The zero-order valence-electron chi connectivity index (χ0n) is 13.2. The minimum absolute atomic E-state index is 0.0496. The molecule has 3 atom stereocenters. The Morgan fingerprint density at radius 1 is 1.09 bits per heavy atom. The lowest BCUT2D eigenvalue weighted by atomic mass is 10.1. The minimum atomic E-state index is -1.06. The Labute approximate surface area is 129 Å². The van der Waals surface area contributed by atoms with E-state index in [9.17, 15) is 14.4 Å². The van der Waals surface area contributed by atoms with Crippen molar-refractivity contribution in [1.29, 1.82) is 0 Å². The summed E-state index contributed by atoms with van der Waals surface area (Å²) in [5.41, 5.74) is 0. The number of hydrogen-bond acceptors (Lipinski definition) is 8. The summed E-state index contributed by atoms with van der Waals surface area (Å²) in [6, 6.07) is 0. The van der Waals surface area contributed by atoms with E-state index in [0.717, 1.165) is 0 Å². The second-order valence-corrected chi connectivity index (χ2v) is 5.02.